The van der Waals surface area contributed by atoms with Gasteiger partial charge in [0, 0.05) is 29.6 Å². The Morgan fingerprint density at radius 3 is 2.76 bits per heavy atom. The Hall–Kier alpha value is -4.19. The number of carbonyl (C=O) groups excluding carboxylic acids is 1. The van der Waals surface area contributed by atoms with Gasteiger partial charge < -0.3 is 9.84 Å². The molecule has 0 atom stereocenters. The number of benzene rings is 1. The van der Waals surface area contributed by atoms with Gasteiger partial charge >= 0.3 is 12.1 Å². The fraction of sp³-hybridized carbons (Fsp3) is 0.136. The monoisotopic (exact) mass is 483 g/mol. The zero-order chi connectivity index (χ0) is 24.0. The van der Waals surface area contributed by atoms with Crippen LogP contribution in [-0.2, 0) is 17.6 Å². The molecule has 3 heterocycles. The van der Waals surface area contributed by atoms with Crippen molar-refractivity contribution in [2.24, 2.45) is 0 Å². The molecule has 0 saturated carbocycles. The van der Waals surface area contributed by atoms with Gasteiger partial charge in [-0.25, -0.2) is 28.0 Å². The van der Waals surface area contributed by atoms with Gasteiger partial charge in [-0.3, -0.25) is 10.3 Å². The highest BCUT2D eigenvalue weighted by molar-refractivity contribution is 7.19. The number of rotatable bonds is 4. The Morgan fingerprint density at radius 1 is 1.24 bits per heavy atom. The van der Waals surface area contributed by atoms with Gasteiger partial charge in [-0.15, -0.1) is 0 Å². The number of aryl methyl sites for hydroxylation is 1. The van der Waals surface area contributed by atoms with E-state index < -0.39 is 29.3 Å². The third-order valence-electron chi connectivity index (χ3n) is 5.33. The van der Waals surface area contributed by atoms with Crippen molar-refractivity contribution in [2.75, 3.05) is 12.4 Å². The molecule has 0 aliphatic heterocycles. The number of hydrogen-bond acceptors (Lipinski definition) is 7. The van der Waals surface area contributed by atoms with Crippen molar-refractivity contribution in [2.45, 2.75) is 12.8 Å². The van der Waals surface area contributed by atoms with Gasteiger partial charge in [-0.05, 0) is 31.0 Å². The summed E-state index contributed by atoms with van der Waals surface area (Å²) in [7, 11) is 1.23. The number of pyridine rings is 1. The maximum Gasteiger partial charge on any atom is 0.413 e. The summed E-state index contributed by atoms with van der Waals surface area (Å²) in [5, 5.41) is 16.5. The Morgan fingerprint density at radius 2 is 2.06 bits per heavy atom. The number of ether oxygens (including phenoxy) is 1. The van der Waals surface area contributed by atoms with E-state index >= 15 is 4.39 Å². The zero-order valence-corrected chi connectivity index (χ0v) is 18.3. The second-order valence-electron chi connectivity index (χ2n) is 7.33. The number of carboxylic acid groups (broad SMARTS) is 1. The summed E-state index contributed by atoms with van der Waals surface area (Å²) < 4.78 is 35.5. The predicted octanol–water partition coefficient (Wildman–Crippen LogP) is 4.31. The first-order valence-corrected chi connectivity index (χ1v) is 10.8. The number of hydrogen-bond donors (Lipinski definition) is 2. The summed E-state index contributed by atoms with van der Waals surface area (Å²) in [5.74, 6) is -3.62. The minimum Gasteiger partial charge on any atom is -0.478 e. The number of halogens is 2. The van der Waals surface area contributed by atoms with E-state index in [1.54, 1.807) is 24.5 Å². The molecule has 3 aromatic heterocycles. The SMILES string of the molecule is COC(=O)Nc1nc2c(s1)-c1c(c(-c3cccnc3)nn1-c1cc(F)c(C(=O)O)cc1F)CC2. The summed E-state index contributed by atoms with van der Waals surface area (Å²) >= 11 is 1.15. The lowest BCUT2D eigenvalue weighted by Crippen LogP contribution is -2.10. The Bertz CT molecular complexity index is 1450. The lowest BCUT2D eigenvalue weighted by atomic mass is 9.95. The molecule has 0 spiro atoms. The van der Waals surface area contributed by atoms with E-state index in [1.807, 2.05) is 0 Å². The molecule has 172 valence electrons. The predicted molar refractivity (Wildman–Crippen MR) is 118 cm³/mol. The number of methoxy groups -OCH3 is 1. The number of fused-ring (bicyclic) bond motifs is 3. The lowest BCUT2D eigenvalue weighted by Gasteiger charge is -2.15. The molecule has 1 aliphatic carbocycles. The number of nitrogens with zero attached hydrogens (tertiary/aromatic N) is 4. The molecular weight excluding hydrogens is 468 g/mol. The summed E-state index contributed by atoms with van der Waals surface area (Å²) in [6.45, 7) is 0. The van der Waals surface area contributed by atoms with Gasteiger partial charge in [-0.2, -0.15) is 5.10 Å². The van der Waals surface area contributed by atoms with Crippen molar-refractivity contribution in [3.05, 3.63) is 65.1 Å². The fourth-order valence-electron chi connectivity index (χ4n) is 3.83. The number of aromatic nitrogens is 4. The molecule has 9 nitrogen and oxygen atoms in total. The minimum absolute atomic E-state index is 0.252. The Kier molecular flexibility index (Phi) is 5.28. The normalized spacial score (nSPS) is 12.1. The van der Waals surface area contributed by atoms with Crippen molar-refractivity contribution < 1.29 is 28.2 Å². The quantitative estimate of drug-likeness (QED) is 0.444. The van der Waals surface area contributed by atoms with Crippen LogP contribution >= 0.6 is 11.3 Å². The summed E-state index contributed by atoms with van der Waals surface area (Å²) in [4.78, 5) is 32.1. The number of carbonyl (C=O) groups is 2. The molecule has 4 aromatic rings. The number of anilines is 1. The molecule has 1 aliphatic rings. The highest BCUT2D eigenvalue weighted by Crippen LogP contribution is 2.44. The van der Waals surface area contributed by atoms with E-state index in [2.05, 4.69) is 25.1 Å². The van der Waals surface area contributed by atoms with Crippen LogP contribution in [0.25, 0.3) is 27.5 Å². The largest absolute Gasteiger partial charge is 0.478 e. The number of amides is 1. The van der Waals surface area contributed by atoms with Crippen LogP contribution in [0, 0.1) is 11.6 Å². The standard InChI is InChI=1S/C22H15F2N5O4S/c1-33-22(32)27-21-26-15-5-4-11-17(10-3-2-6-25-9-10)28-29(18(11)19(15)34-21)16-8-13(23)12(20(30)31)7-14(16)24/h2-3,6-9H,4-5H2,1H3,(H,30,31)(H,26,27,32). The van der Waals surface area contributed by atoms with Crippen LogP contribution in [0.15, 0.2) is 36.7 Å². The van der Waals surface area contributed by atoms with Crippen molar-refractivity contribution in [1.29, 1.82) is 0 Å². The molecule has 1 amide bonds. The van der Waals surface area contributed by atoms with Crippen molar-refractivity contribution >= 4 is 28.5 Å². The van der Waals surface area contributed by atoms with Gasteiger partial charge in [0.2, 0.25) is 0 Å². The maximum absolute atomic E-state index is 15.1. The summed E-state index contributed by atoms with van der Waals surface area (Å²) in [6.07, 6.45) is 3.58. The average Bonchev–Trinajstić information content (AvgIpc) is 3.41. The second kappa shape index (κ2) is 8.30. The Labute approximate surface area is 194 Å². The second-order valence-corrected chi connectivity index (χ2v) is 8.33. The third kappa shape index (κ3) is 3.57. The average molecular weight is 483 g/mol. The van der Waals surface area contributed by atoms with Crippen LogP contribution in [0.2, 0.25) is 0 Å². The van der Waals surface area contributed by atoms with Gasteiger partial charge in [0.05, 0.1) is 34.6 Å². The van der Waals surface area contributed by atoms with Crippen molar-refractivity contribution in [3.8, 4) is 27.5 Å². The molecular formula is C22H15F2N5O4S. The van der Waals surface area contributed by atoms with E-state index in [9.17, 15) is 14.0 Å². The topological polar surface area (TPSA) is 119 Å². The van der Waals surface area contributed by atoms with Crippen LogP contribution in [0.4, 0.5) is 18.7 Å². The molecule has 0 fully saturated rings. The highest BCUT2D eigenvalue weighted by Gasteiger charge is 2.31. The number of carboxylic acids is 1. The van der Waals surface area contributed by atoms with Gasteiger partial charge in [0.25, 0.3) is 0 Å². The van der Waals surface area contributed by atoms with Crippen LogP contribution in [0.3, 0.4) is 0 Å². The molecule has 0 bridgehead atoms. The molecule has 1 aromatic carbocycles. The molecule has 34 heavy (non-hydrogen) atoms. The minimum atomic E-state index is -1.58. The fourth-order valence-corrected chi connectivity index (χ4v) is 4.89. The van der Waals surface area contributed by atoms with E-state index in [0.29, 0.717) is 46.4 Å². The first kappa shape index (κ1) is 21.6. The lowest BCUT2D eigenvalue weighted by molar-refractivity contribution is 0.0691. The number of nitrogens with one attached hydrogen (secondary N) is 1. The molecule has 0 radical (unpaired) electrons. The van der Waals surface area contributed by atoms with Crippen molar-refractivity contribution in [3.63, 3.8) is 0 Å². The molecule has 5 rings (SSSR count). The maximum atomic E-state index is 15.1. The molecule has 0 unspecified atom stereocenters. The molecule has 0 saturated heterocycles. The molecule has 2 N–H and O–H groups in total. The highest BCUT2D eigenvalue weighted by atomic mass is 32.1. The van der Waals surface area contributed by atoms with E-state index in [4.69, 9.17) is 5.11 Å². The molecule has 12 heteroatoms. The number of thiazole rings is 1. The van der Waals surface area contributed by atoms with E-state index in [1.165, 1.54) is 11.8 Å². The Balaban J connectivity index is 1.75. The van der Waals surface area contributed by atoms with Gasteiger partial charge in [-0.1, -0.05) is 11.3 Å². The number of aromatic carboxylic acids is 1. The zero-order valence-electron chi connectivity index (χ0n) is 17.5. The van der Waals surface area contributed by atoms with Crippen LogP contribution in [-0.4, -0.2) is 44.0 Å². The third-order valence-corrected chi connectivity index (χ3v) is 6.35. The van der Waals surface area contributed by atoms with Gasteiger partial charge in [0.1, 0.15) is 17.3 Å². The van der Waals surface area contributed by atoms with Crippen LogP contribution in [0.5, 0.6) is 0 Å². The summed E-state index contributed by atoms with van der Waals surface area (Å²) in [5.41, 5.74) is 2.10. The smallest absolute Gasteiger partial charge is 0.413 e. The van der Waals surface area contributed by atoms with E-state index in [0.717, 1.165) is 23.0 Å². The first-order valence-electron chi connectivity index (χ1n) is 9.97. The first-order chi connectivity index (χ1) is 16.4. The van der Waals surface area contributed by atoms with Crippen molar-refractivity contribution in [1.82, 2.24) is 19.7 Å². The summed E-state index contributed by atoms with van der Waals surface area (Å²) in [6, 6.07) is 4.98. The van der Waals surface area contributed by atoms with Gasteiger partial charge in [0.15, 0.2) is 5.13 Å². The van der Waals surface area contributed by atoms with Crippen LogP contribution < -0.4 is 5.32 Å². The van der Waals surface area contributed by atoms with Crippen LogP contribution in [0.1, 0.15) is 21.6 Å². The van der Waals surface area contributed by atoms with E-state index in [-0.39, 0.29) is 10.8 Å².